The van der Waals surface area contributed by atoms with E-state index < -0.39 is 23.5 Å². The smallest absolute Gasteiger partial charge is 0.287 e. The van der Waals surface area contributed by atoms with E-state index in [9.17, 15) is 14.7 Å². The fourth-order valence-electron chi connectivity index (χ4n) is 2.38. The summed E-state index contributed by atoms with van der Waals surface area (Å²) < 4.78 is 10.2. The molecule has 6 heteroatoms. The molecule has 1 aliphatic rings. The van der Waals surface area contributed by atoms with Crippen molar-refractivity contribution in [2.24, 2.45) is 0 Å². The number of methoxy groups -OCH3 is 1. The van der Waals surface area contributed by atoms with Gasteiger partial charge in [0.25, 0.3) is 5.91 Å². The highest BCUT2D eigenvalue weighted by Gasteiger charge is 2.38. The third-order valence-electron chi connectivity index (χ3n) is 3.45. The molecule has 0 bridgehead atoms. The lowest BCUT2D eigenvalue weighted by Crippen LogP contribution is -2.23. The predicted octanol–water partition coefficient (Wildman–Crippen LogP) is 2.15. The van der Waals surface area contributed by atoms with Gasteiger partial charge in [-0.25, -0.2) is 0 Å². The molecule has 1 aliphatic heterocycles. The zero-order chi connectivity index (χ0) is 15.7. The molecule has 0 radical (unpaired) electrons. The number of ether oxygens (including phenoxy) is 1. The number of Topliss-reactive ketones (excluding diaryl/α,β-unsaturated/α-hetero) is 1. The average Bonchev–Trinajstić information content (AvgIpc) is 3.16. The summed E-state index contributed by atoms with van der Waals surface area (Å²) in [4.78, 5) is 24.2. The van der Waals surface area contributed by atoms with Gasteiger partial charge in [0.15, 0.2) is 11.5 Å². The molecule has 3 rings (SSSR count). The van der Waals surface area contributed by atoms with Gasteiger partial charge in [-0.05, 0) is 29.8 Å². The normalized spacial score (nSPS) is 17.5. The van der Waals surface area contributed by atoms with E-state index in [1.807, 2.05) is 0 Å². The number of aliphatic hydroxyl groups excluding tert-OH is 1. The standard InChI is InChI=1S/C16H13NO5/c1-21-10-5-2-4-9(8-10)13-12(15(19)16(20)17-13)14(18)11-6-3-7-22-11/h2-8,13,19H,1H3,(H,17,20)/t13-/m1/s1. The quantitative estimate of drug-likeness (QED) is 0.844. The van der Waals surface area contributed by atoms with Crippen molar-refractivity contribution in [2.75, 3.05) is 7.11 Å². The molecule has 0 saturated heterocycles. The first-order valence-electron chi connectivity index (χ1n) is 6.58. The minimum Gasteiger partial charge on any atom is -0.503 e. The van der Waals surface area contributed by atoms with E-state index in [0.29, 0.717) is 11.3 Å². The Balaban J connectivity index is 2.04. The van der Waals surface area contributed by atoms with E-state index in [-0.39, 0.29) is 11.3 Å². The zero-order valence-electron chi connectivity index (χ0n) is 11.7. The van der Waals surface area contributed by atoms with E-state index in [1.165, 1.54) is 19.4 Å². The summed E-state index contributed by atoms with van der Waals surface area (Å²) >= 11 is 0. The minimum atomic E-state index is -0.750. The molecule has 0 fully saturated rings. The molecule has 112 valence electrons. The molecule has 1 aromatic carbocycles. The van der Waals surface area contributed by atoms with Crippen molar-refractivity contribution in [3.8, 4) is 5.75 Å². The molecule has 2 heterocycles. The Hall–Kier alpha value is -3.02. The molecule has 2 N–H and O–H groups in total. The SMILES string of the molecule is COc1cccc([C@H]2NC(=O)C(O)=C2C(=O)c2ccco2)c1. The van der Waals surface area contributed by atoms with Crippen LogP contribution in [0.3, 0.4) is 0 Å². The van der Waals surface area contributed by atoms with E-state index in [2.05, 4.69) is 5.32 Å². The Bertz CT molecular complexity index is 761. The van der Waals surface area contributed by atoms with Crippen LogP contribution in [-0.4, -0.2) is 23.9 Å². The number of aliphatic hydroxyl groups is 1. The maximum Gasteiger partial charge on any atom is 0.287 e. The van der Waals surface area contributed by atoms with Crippen molar-refractivity contribution in [1.29, 1.82) is 0 Å². The van der Waals surface area contributed by atoms with Gasteiger partial charge in [-0.3, -0.25) is 9.59 Å². The van der Waals surface area contributed by atoms with E-state index >= 15 is 0 Å². The number of hydrogen-bond donors (Lipinski definition) is 2. The number of hydrogen-bond acceptors (Lipinski definition) is 5. The van der Waals surface area contributed by atoms with Gasteiger partial charge in [0, 0.05) is 0 Å². The van der Waals surface area contributed by atoms with Gasteiger partial charge in [-0.15, -0.1) is 0 Å². The van der Waals surface area contributed by atoms with Crippen LogP contribution >= 0.6 is 0 Å². The van der Waals surface area contributed by atoms with Crippen LogP contribution in [0.1, 0.15) is 22.2 Å². The third kappa shape index (κ3) is 2.24. The highest BCUT2D eigenvalue weighted by Crippen LogP contribution is 2.33. The molecule has 0 spiro atoms. The van der Waals surface area contributed by atoms with Crippen LogP contribution in [0.2, 0.25) is 0 Å². The van der Waals surface area contributed by atoms with Crippen LogP contribution in [0.4, 0.5) is 0 Å². The first kappa shape index (κ1) is 13.9. The van der Waals surface area contributed by atoms with Crippen LogP contribution in [0.15, 0.2) is 58.4 Å². The van der Waals surface area contributed by atoms with E-state index in [4.69, 9.17) is 9.15 Å². The number of amides is 1. The van der Waals surface area contributed by atoms with Crippen LogP contribution in [-0.2, 0) is 4.79 Å². The van der Waals surface area contributed by atoms with Gasteiger partial charge in [-0.2, -0.15) is 0 Å². The van der Waals surface area contributed by atoms with E-state index in [1.54, 1.807) is 30.3 Å². The Morgan fingerprint density at radius 2 is 2.14 bits per heavy atom. The Labute approximate surface area is 126 Å². The van der Waals surface area contributed by atoms with Crippen LogP contribution in [0.5, 0.6) is 5.75 Å². The van der Waals surface area contributed by atoms with Crippen molar-refractivity contribution >= 4 is 11.7 Å². The second-order valence-electron chi connectivity index (χ2n) is 4.75. The monoisotopic (exact) mass is 299 g/mol. The second kappa shape index (κ2) is 5.40. The molecule has 1 aromatic heterocycles. The maximum atomic E-state index is 12.5. The van der Waals surface area contributed by atoms with Crippen molar-refractivity contribution in [1.82, 2.24) is 5.32 Å². The Morgan fingerprint density at radius 1 is 1.32 bits per heavy atom. The van der Waals surface area contributed by atoms with Gasteiger partial charge in [-0.1, -0.05) is 12.1 Å². The molecular weight excluding hydrogens is 286 g/mol. The number of carbonyl (C=O) groups is 2. The first-order valence-corrected chi connectivity index (χ1v) is 6.58. The molecule has 2 aromatic rings. The summed E-state index contributed by atoms with van der Waals surface area (Å²) in [5.74, 6) is -1.17. The molecular formula is C16H13NO5. The molecule has 6 nitrogen and oxygen atoms in total. The van der Waals surface area contributed by atoms with Crippen molar-refractivity contribution in [2.45, 2.75) is 6.04 Å². The number of ketones is 1. The third-order valence-corrected chi connectivity index (χ3v) is 3.45. The fourth-order valence-corrected chi connectivity index (χ4v) is 2.38. The molecule has 22 heavy (non-hydrogen) atoms. The molecule has 0 unspecified atom stereocenters. The lowest BCUT2D eigenvalue weighted by atomic mass is 9.96. The highest BCUT2D eigenvalue weighted by molar-refractivity contribution is 6.14. The second-order valence-corrected chi connectivity index (χ2v) is 4.75. The number of furan rings is 1. The topological polar surface area (TPSA) is 88.8 Å². The Kier molecular flexibility index (Phi) is 3.42. The summed E-state index contributed by atoms with van der Waals surface area (Å²) in [6.45, 7) is 0. The lowest BCUT2D eigenvalue weighted by Gasteiger charge is -2.14. The van der Waals surface area contributed by atoms with Crippen molar-refractivity contribution < 1.29 is 23.8 Å². The van der Waals surface area contributed by atoms with E-state index in [0.717, 1.165) is 0 Å². The lowest BCUT2D eigenvalue weighted by molar-refractivity contribution is -0.119. The minimum absolute atomic E-state index is 0.0341. The van der Waals surface area contributed by atoms with Crippen LogP contribution < -0.4 is 10.1 Å². The number of nitrogens with one attached hydrogen (secondary N) is 1. The van der Waals surface area contributed by atoms with Crippen molar-refractivity contribution in [3.63, 3.8) is 0 Å². The zero-order valence-corrected chi connectivity index (χ0v) is 11.7. The van der Waals surface area contributed by atoms with Gasteiger partial charge in [0.2, 0.25) is 5.78 Å². The first-order chi connectivity index (χ1) is 10.6. The van der Waals surface area contributed by atoms with Gasteiger partial charge in [0.05, 0.1) is 25.0 Å². The van der Waals surface area contributed by atoms with Crippen molar-refractivity contribution in [3.05, 3.63) is 65.3 Å². The summed E-state index contributed by atoms with van der Waals surface area (Å²) in [6, 6.07) is 9.22. The maximum absolute atomic E-state index is 12.5. The summed E-state index contributed by atoms with van der Waals surface area (Å²) in [5, 5.41) is 12.5. The van der Waals surface area contributed by atoms with Gasteiger partial charge >= 0.3 is 0 Å². The highest BCUT2D eigenvalue weighted by atomic mass is 16.5. The van der Waals surface area contributed by atoms with Crippen LogP contribution in [0.25, 0.3) is 0 Å². The largest absolute Gasteiger partial charge is 0.503 e. The number of carbonyl (C=O) groups excluding carboxylic acids is 2. The predicted molar refractivity (Wildman–Crippen MR) is 76.6 cm³/mol. The average molecular weight is 299 g/mol. The summed E-state index contributed by atoms with van der Waals surface area (Å²) in [6.07, 6.45) is 1.36. The van der Waals surface area contributed by atoms with Gasteiger partial charge < -0.3 is 19.6 Å². The van der Waals surface area contributed by atoms with Gasteiger partial charge in [0.1, 0.15) is 5.75 Å². The summed E-state index contributed by atoms with van der Waals surface area (Å²) in [5.41, 5.74) is 0.597. The number of rotatable bonds is 4. The molecule has 1 amide bonds. The molecule has 0 saturated carbocycles. The van der Waals surface area contributed by atoms with Crippen LogP contribution in [0, 0.1) is 0 Å². The molecule has 1 atom stereocenters. The fraction of sp³-hybridized carbons (Fsp3) is 0.125. The Morgan fingerprint density at radius 3 is 2.82 bits per heavy atom. The number of benzene rings is 1. The molecule has 0 aliphatic carbocycles. The summed E-state index contributed by atoms with van der Waals surface area (Å²) in [7, 11) is 1.52.